The summed E-state index contributed by atoms with van der Waals surface area (Å²) in [6.07, 6.45) is 0. The van der Waals surface area contributed by atoms with Crippen LogP contribution in [0.4, 0.5) is 5.69 Å². The molecule has 0 fully saturated rings. The van der Waals surface area contributed by atoms with E-state index in [-0.39, 0.29) is 5.91 Å². The molecule has 102 valence electrons. The summed E-state index contributed by atoms with van der Waals surface area (Å²) >= 11 is 21.5. The van der Waals surface area contributed by atoms with Crippen molar-refractivity contribution in [1.29, 1.82) is 0 Å². The summed E-state index contributed by atoms with van der Waals surface area (Å²) in [5.74, 6) is -0.187. The zero-order chi connectivity index (χ0) is 14.5. The molecule has 3 rings (SSSR count). The monoisotopic (exact) mass is 389 g/mol. The summed E-state index contributed by atoms with van der Waals surface area (Å²) in [5, 5.41) is 4.22. The smallest absolute Gasteiger partial charge is 0.250 e. The number of carbonyl (C=O) groups excluding carboxylic acids is 1. The van der Waals surface area contributed by atoms with Gasteiger partial charge in [0.2, 0.25) is 5.91 Å². The molecule has 0 radical (unpaired) electrons. The molecular weight excluding hydrogens is 384 g/mol. The quantitative estimate of drug-likeness (QED) is 0.662. The highest BCUT2D eigenvalue weighted by atomic mass is 79.9. The Morgan fingerprint density at radius 2 is 1.60 bits per heavy atom. The van der Waals surface area contributed by atoms with Gasteiger partial charge < -0.3 is 5.32 Å². The Bertz CT molecular complexity index is 717. The van der Waals surface area contributed by atoms with E-state index >= 15 is 0 Å². The largest absolute Gasteiger partial charge is 0.324 e. The van der Waals surface area contributed by atoms with Crippen LogP contribution in [-0.2, 0) is 9.12 Å². The van der Waals surface area contributed by atoms with Crippen LogP contribution in [0.15, 0.2) is 36.4 Å². The average Bonchev–Trinajstić information content (AvgIpc) is 2.65. The van der Waals surface area contributed by atoms with Crippen molar-refractivity contribution in [1.82, 2.24) is 0 Å². The molecule has 1 aliphatic rings. The second kappa shape index (κ2) is 4.92. The fourth-order valence-corrected chi connectivity index (χ4v) is 3.38. The summed E-state index contributed by atoms with van der Waals surface area (Å²) in [4.78, 5) is 12.4. The first-order valence-corrected chi connectivity index (χ1v) is 7.61. The lowest BCUT2D eigenvalue weighted by atomic mass is 9.92. The molecule has 6 heteroatoms. The van der Waals surface area contributed by atoms with Crippen molar-refractivity contribution in [2.75, 3.05) is 5.32 Å². The Morgan fingerprint density at radius 1 is 1.00 bits per heavy atom. The predicted molar refractivity (Wildman–Crippen MR) is 86.3 cm³/mol. The van der Waals surface area contributed by atoms with Crippen LogP contribution in [0.3, 0.4) is 0 Å². The second-order valence-electron chi connectivity index (χ2n) is 4.43. The molecule has 0 saturated heterocycles. The zero-order valence-electron chi connectivity index (χ0n) is 9.88. The summed E-state index contributed by atoms with van der Waals surface area (Å²) in [6.45, 7) is 0. The lowest BCUT2D eigenvalue weighted by Crippen LogP contribution is -2.28. The molecule has 20 heavy (non-hydrogen) atoms. The number of alkyl halides is 1. The Hall–Kier alpha value is -0.740. The third-order valence-electron chi connectivity index (χ3n) is 3.23. The fourth-order valence-electron chi connectivity index (χ4n) is 2.23. The molecule has 1 aliphatic heterocycles. The van der Waals surface area contributed by atoms with E-state index in [4.69, 9.17) is 34.8 Å². The number of halogens is 4. The van der Waals surface area contributed by atoms with Gasteiger partial charge in [0, 0.05) is 16.3 Å². The highest BCUT2D eigenvalue weighted by Gasteiger charge is 2.46. The normalized spacial score (nSPS) is 20.7. The molecule has 2 aromatic carbocycles. The van der Waals surface area contributed by atoms with Crippen LogP contribution in [0, 0.1) is 0 Å². The van der Waals surface area contributed by atoms with Crippen molar-refractivity contribution in [2.24, 2.45) is 0 Å². The first kappa shape index (κ1) is 14.2. The van der Waals surface area contributed by atoms with Gasteiger partial charge in [-0.2, -0.15) is 0 Å². The highest BCUT2D eigenvalue weighted by molar-refractivity contribution is 9.10. The highest BCUT2D eigenvalue weighted by Crippen LogP contribution is 2.49. The maximum absolute atomic E-state index is 12.4. The van der Waals surface area contributed by atoms with Crippen LogP contribution in [-0.4, -0.2) is 5.91 Å². The molecule has 0 aromatic heterocycles. The molecule has 1 amide bonds. The fraction of sp³-hybridized carbons (Fsp3) is 0.0714. The van der Waals surface area contributed by atoms with Crippen molar-refractivity contribution in [2.45, 2.75) is 4.32 Å². The van der Waals surface area contributed by atoms with Gasteiger partial charge in [-0.3, -0.25) is 4.79 Å². The minimum Gasteiger partial charge on any atom is -0.324 e. The van der Waals surface area contributed by atoms with E-state index in [1.807, 2.05) is 0 Å². The van der Waals surface area contributed by atoms with E-state index in [1.165, 1.54) is 0 Å². The van der Waals surface area contributed by atoms with Crippen molar-refractivity contribution >= 4 is 62.3 Å². The number of benzene rings is 2. The number of hydrogen-bond acceptors (Lipinski definition) is 1. The van der Waals surface area contributed by atoms with Gasteiger partial charge in [-0.25, -0.2) is 0 Å². The summed E-state index contributed by atoms with van der Waals surface area (Å²) in [5.41, 5.74) is 2.16. The third kappa shape index (κ3) is 2.04. The van der Waals surface area contributed by atoms with Crippen LogP contribution >= 0.6 is 50.7 Å². The van der Waals surface area contributed by atoms with Crippen molar-refractivity contribution in [3.05, 3.63) is 62.6 Å². The molecule has 1 heterocycles. The maximum atomic E-state index is 12.4. The topological polar surface area (TPSA) is 29.1 Å². The molecule has 0 aliphatic carbocycles. The average molecular weight is 391 g/mol. The van der Waals surface area contributed by atoms with E-state index in [9.17, 15) is 4.79 Å². The van der Waals surface area contributed by atoms with Crippen LogP contribution in [0.1, 0.15) is 11.1 Å². The lowest BCUT2D eigenvalue weighted by Gasteiger charge is -2.21. The SMILES string of the molecule is O=C1Nc2cc(Cl)c(Cl)cc2C1(Br)c1ccc(Cl)cc1. The van der Waals surface area contributed by atoms with Gasteiger partial charge in [0.15, 0.2) is 4.32 Å². The van der Waals surface area contributed by atoms with Gasteiger partial charge in [-0.05, 0) is 29.8 Å². The standard InChI is InChI=1S/C14H7BrCl3NO/c15-14(7-1-3-8(16)4-2-7)9-5-10(17)11(18)6-12(9)19-13(14)20/h1-6H,(H,19,20). The van der Waals surface area contributed by atoms with Gasteiger partial charge in [-0.1, -0.05) is 62.9 Å². The minimum absolute atomic E-state index is 0.187. The van der Waals surface area contributed by atoms with E-state index in [1.54, 1.807) is 36.4 Å². The van der Waals surface area contributed by atoms with E-state index in [0.29, 0.717) is 20.8 Å². The van der Waals surface area contributed by atoms with Gasteiger partial charge in [0.1, 0.15) is 0 Å². The Labute approximate surface area is 139 Å². The Balaban J connectivity index is 2.22. The number of carbonyl (C=O) groups is 1. The molecule has 1 atom stereocenters. The molecule has 1 N–H and O–H groups in total. The van der Waals surface area contributed by atoms with Crippen molar-refractivity contribution < 1.29 is 4.79 Å². The molecule has 1 unspecified atom stereocenters. The molecule has 0 saturated carbocycles. The number of fused-ring (bicyclic) bond motifs is 1. The first-order valence-electron chi connectivity index (χ1n) is 5.69. The summed E-state index contributed by atoms with van der Waals surface area (Å²) in [6, 6.07) is 10.4. The molecule has 2 nitrogen and oxygen atoms in total. The number of amides is 1. The van der Waals surface area contributed by atoms with Crippen LogP contribution in [0.2, 0.25) is 15.1 Å². The second-order valence-corrected chi connectivity index (χ2v) is 6.87. The zero-order valence-corrected chi connectivity index (χ0v) is 13.7. The van der Waals surface area contributed by atoms with Crippen LogP contribution < -0.4 is 5.32 Å². The maximum Gasteiger partial charge on any atom is 0.250 e. The van der Waals surface area contributed by atoms with Crippen LogP contribution in [0.25, 0.3) is 0 Å². The molecule has 0 spiro atoms. The minimum atomic E-state index is -0.985. The number of rotatable bonds is 1. The third-order valence-corrected chi connectivity index (χ3v) is 5.45. The van der Waals surface area contributed by atoms with Gasteiger partial charge in [0.05, 0.1) is 10.0 Å². The van der Waals surface area contributed by atoms with Crippen molar-refractivity contribution in [3.8, 4) is 0 Å². The van der Waals surface area contributed by atoms with E-state index in [0.717, 1.165) is 11.1 Å². The van der Waals surface area contributed by atoms with Gasteiger partial charge in [0.25, 0.3) is 0 Å². The number of anilines is 1. The van der Waals surface area contributed by atoms with E-state index < -0.39 is 4.32 Å². The Kier molecular flexibility index (Phi) is 3.49. The Morgan fingerprint density at radius 3 is 2.25 bits per heavy atom. The summed E-state index contributed by atoms with van der Waals surface area (Å²) < 4.78 is -0.985. The first-order chi connectivity index (χ1) is 9.42. The predicted octanol–water partition coefficient (Wildman–Crippen LogP) is 5.24. The summed E-state index contributed by atoms with van der Waals surface area (Å²) in [7, 11) is 0. The molecule has 2 aromatic rings. The van der Waals surface area contributed by atoms with Crippen LogP contribution in [0.5, 0.6) is 0 Å². The lowest BCUT2D eigenvalue weighted by molar-refractivity contribution is -0.116. The van der Waals surface area contributed by atoms with Gasteiger partial charge in [-0.15, -0.1) is 0 Å². The van der Waals surface area contributed by atoms with Gasteiger partial charge >= 0.3 is 0 Å². The number of nitrogens with one attached hydrogen (secondary N) is 1. The molecular formula is C14H7BrCl3NO. The van der Waals surface area contributed by atoms with E-state index in [2.05, 4.69) is 21.2 Å². The van der Waals surface area contributed by atoms with Crippen molar-refractivity contribution in [3.63, 3.8) is 0 Å². The molecule has 0 bridgehead atoms. The number of hydrogen-bond donors (Lipinski definition) is 1.